The van der Waals surface area contributed by atoms with Crippen LogP contribution in [0.5, 0.6) is 0 Å². The second-order valence-electron chi connectivity index (χ2n) is 6.55. The molecule has 146 valence electrons. The minimum absolute atomic E-state index is 0.412. The molecule has 0 amide bonds. The molecule has 2 aromatic heterocycles. The number of aromatic nitrogens is 3. The van der Waals surface area contributed by atoms with E-state index in [0.29, 0.717) is 38.2 Å². The average Bonchev–Trinajstić information content (AvgIpc) is 3.21. The van der Waals surface area contributed by atoms with Crippen molar-refractivity contribution in [1.29, 1.82) is 0 Å². The van der Waals surface area contributed by atoms with Crippen molar-refractivity contribution in [2.24, 2.45) is 4.99 Å². The van der Waals surface area contributed by atoms with E-state index in [1.54, 1.807) is 35.1 Å². The molecular weight excluding hydrogens is 419 g/mol. The first-order valence-electron chi connectivity index (χ1n) is 9.18. The molecule has 0 spiro atoms. The molecular formula is C23H14Cl2N4O. The maximum absolute atomic E-state index is 6.09. The standard InChI is InChI=1S/C23H14Cl2N4O/c24-16-8-6-15(7-9-16)22-28-21-20(14-26-29(21)19-4-2-1-3-5-19)23(30-22)27-18-12-10-17(25)11-13-18/h1-14H. The Kier molecular flexibility index (Phi) is 4.83. The van der Waals surface area contributed by atoms with E-state index >= 15 is 0 Å². The van der Waals surface area contributed by atoms with Crippen LogP contribution >= 0.6 is 23.2 Å². The summed E-state index contributed by atoms with van der Waals surface area (Å²) in [6.45, 7) is 0. The van der Waals surface area contributed by atoms with E-state index in [2.05, 4.69) is 10.1 Å². The third-order valence-corrected chi connectivity index (χ3v) is 5.03. The SMILES string of the molecule is Clc1ccc(N=c2oc(-c3ccc(Cl)cc3)nc3c2cnn3-c2ccccc2)cc1. The number of benzene rings is 3. The lowest BCUT2D eigenvalue weighted by Crippen LogP contribution is -2.06. The second-order valence-corrected chi connectivity index (χ2v) is 7.42. The normalized spacial score (nSPS) is 11.9. The van der Waals surface area contributed by atoms with Crippen molar-refractivity contribution < 1.29 is 4.42 Å². The molecule has 5 nitrogen and oxygen atoms in total. The Hall–Kier alpha value is -3.41. The lowest BCUT2D eigenvalue weighted by atomic mass is 10.2. The van der Waals surface area contributed by atoms with E-state index in [1.165, 1.54) is 0 Å². The van der Waals surface area contributed by atoms with Crippen molar-refractivity contribution in [3.8, 4) is 17.1 Å². The summed E-state index contributed by atoms with van der Waals surface area (Å²) in [6, 6.07) is 24.3. The van der Waals surface area contributed by atoms with Crippen LogP contribution in [0.2, 0.25) is 10.0 Å². The van der Waals surface area contributed by atoms with Gasteiger partial charge >= 0.3 is 0 Å². The molecule has 5 aromatic rings. The second kappa shape index (κ2) is 7.78. The highest BCUT2D eigenvalue weighted by Gasteiger charge is 2.14. The fourth-order valence-electron chi connectivity index (χ4n) is 3.06. The molecule has 0 aliphatic rings. The molecule has 0 aliphatic heterocycles. The minimum atomic E-state index is 0.412. The van der Waals surface area contributed by atoms with Gasteiger partial charge in [0.1, 0.15) is 5.39 Å². The molecule has 0 saturated heterocycles. The molecule has 0 unspecified atom stereocenters. The van der Waals surface area contributed by atoms with Gasteiger partial charge in [0, 0.05) is 15.6 Å². The molecule has 2 heterocycles. The number of hydrogen-bond donors (Lipinski definition) is 0. The molecule has 0 fully saturated rings. The summed E-state index contributed by atoms with van der Waals surface area (Å²) in [5.41, 5.74) is 3.45. The summed E-state index contributed by atoms with van der Waals surface area (Å²) in [5, 5.41) is 6.51. The lowest BCUT2D eigenvalue weighted by molar-refractivity contribution is 0.504. The first-order chi connectivity index (χ1) is 14.7. The van der Waals surface area contributed by atoms with Crippen molar-refractivity contribution in [2.75, 3.05) is 0 Å². The predicted octanol–water partition coefficient (Wildman–Crippen LogP) is 6.22. The summed E-state index contributed by atoms with van der Waals surface area (Å²) in [6.07, 6.45) is 1.71. The van der Waals surface area contributed by atoms with Crippen LogP contribution in [0.3, 0.4) is 0 Å². The van der Waals surface area contributed by atoms with Crippen LogP contribution in [0.25, 0.3) is 28.2 Å². The Morgan fingerprint density at radius 2 is 1.47 bits per heavy atom. The number of halogens is 2. The smallest absolute Gasteiger partial charge is 0.234 e. The minimum Gasteiger partial charge on any atom is -0.419 e. The fourth-order valence-corrected chi connectivity index (χ4v) is 3.31. The van der Waals surface area contributed by atoms with Gasteiger partial charge in [-0.25, -0.2) is 9.67 Å². The van der Waals surface area contributed by atoms with E-state index in [4.69, 9.17) is 32.6 Å². The van der Waals surface area contributed by atoms with Crippen molar-refractivity contribution in [3.05, 3.63) is 101 Å². The number of para-hydroxylation sites is 1. The lowest BCUT2D eigenvalue weighted by Gasteiger charge is -2.05. The Labute approximate surface area is 181 Å². The topological polar surface area (TPSA) is 56.2 Å². The van der Waals surface area contributed by atoms with Gasteiger partial charge in [0.25, 0.3) is 0 Å². The molecule has 7 heteroatoms. The summed E-state index contributed by atoms with van der Waals surface area (Å²) in [7, 11) is 0. The van der Waals surface area contributed by atoms with Crippen molar-refractivity contribution >= 4 is 39.9 Å². The molecule has 0 radical (unpaired) electrons. The van der Waals surface area contributed by atoms with Crippen LogP contribution in [0.4, 0.5) is 5.69 Å². The zero-order valence-electron chi connectivity index (χ0n) is 15.5. The van der Waals surface area contributed by atoms with Crippen LogP contribution < -0.4 is 5.55 Å². The van der Waals surface area contributed by atoms with Gasteiger partial charge in [0.2, 0.25) is 11.4 Å². The van der Waals surface area contributed by atoms with E-state index in [1.807, 2.05) is 54.6 Å². The summed E-state index contributed by atoms with van der Waals surface area (Å²) >= 11 is 12.0. The van der Waals surface area contributed by atoms with E-state index < -0.39 is 0 Å². The van der Waals surface area contributed by atoms with Crippen LogP contribution in [0, 0.1) is 0 Å². The van der Waals surface area contributed by atoms with Gasteiger partial charge < -0.3 is 4.42 Å². The average molecular weight is 433 g/mol. The molecule has 0 aliphatic carbocycles. The van der Waals surface area contributed by atoms with Gasteiger partial charge in [0.05, 0.1) is 17.6 Å². The molecule has 3 aromatic carbocycles. The molecule has 0 atom stereocenters. The number of hydrogen-bond acceptors (Lipinski definition) is 4. The fraction of sp³-hybridized carbons (Fsp3) is 0. The molecule has 0 N–H and O–H groups in total. The maximum Gasteiger partial charge on any atom is 0.234 e. The van der Waals surface area contributed by atoms with E-state index in [-0.39, 0.29) is 0 Å². The van der Waals surface area contributed by atoms with Crippen molar-refractivity contribution in [1.82, 2.24) is 14.8 Å². The summed E-state index contributed by atoms with van der Waals surface area (Å²) in [4.78, 5) is 9.41. The molecule has 5 rings (SSSR count). The monoisotopic (exact) mass is 432 g/mol. The highest BCUT2D eigenvalue weighted by molar-refractivity contribution is 6.30. The first-order valence-corrected chi connectivity index (χ1v) is 9.93. The third kappa shape index (κ3) is 3.61. The number of rotatable bonds is 3. The van der Waals surface area contributed by atoms with Gasteiger partial charge in [-0.15, -0.1) is 0 Å². The Bertz CT molecular complexity index is 1390. The Morgan fingerprint density at radius 1 is 0.800 bits per heavy atom. The third-order valence-electron chi connectivity index (χ3n) is 4.52. The van der Waals surface area contributed by atoms with Gasteiger partial charge in [-0.1, -0.05) is 41.4 Å². The number of fused-ring (bicyclic) bond motifs is 1. The van der Waals surface area contributed by atoms with Crippen LogP contribution in [-0.2, 0) is 0 Å². The Morgan fingerprint density at radius 3 is 2.17 bits per heavy atom. The first kappa shape index (κ1) is 18.6. The zero-order valence-corrected chi connectivity index (χ0v) is 17.0. The van der Waals surface area contributed by atoms with Crippen LogP contribution in [0.1, 0.15) is 0 Å². The largest absolute Gasteiger partial charge is 0.419 e. The van der Waals surface area contributed by atoms with Crippen LogP contribution in [0.15, 0.2) is 94.5 Å². The van der Waals surface area contributed by atoms with Gasteiger partial charge in [0.15, 0.2) is 5.65 Å². The van der Waals surface area contributed by atoms with Crippen LogP contribution in [-0.4, -0.2) is 14.8 Å². The van der Waals surface area contributed by atoms with Crippen molar-refractivity contribution in [3.63, 3.8) is 0 Å². The molecule has 0 bridgehead atoms. The number of nitrogens with zero attached hydrogens (tertiary/aromatic N) is 4. The van der Waals surface area contributed by atoms with E-state index in [9.17, 15) is 0 Å². The molecule has 30 heavy (non-hydrogen) atoms. The highest BCUT2D eigenvalue weighted by Crippen LogP contribution is 2.23. The van der Waals surface area contributed by atoms with Gasteiger partial charge in [-0.05, 0) is 60.7 Å². The predicted molar refractivity (Wildman–Crippen MR) is 118 cm³/mol. The Balaban J connectivity index is 1.78. The quantitative estimate of drug-likeness (QED) is 0.340. The highest BCUT2D eigenvalue weighted by atomic mass is 35.5. The summed E-state index contributed by atoms with van der Waals surface area (Å²) in [5.74, 6) is 0.421. The maximum atomic E-state index is 6.09. The van der Waals surface area contributed by atoms with Gasteiger partial charge in [-0.2, -0.15) is 10.1 Å². The van der Waals surface area contributed by atoms with Gasteiger partial charge in [-0.3, -0.25) is 0 Å². The summed E-state index contributed by atoms with van der Waals surface area (Å²) < 4.78 is 7.86. The van der Waals surface area contributed by atoms with Crippen molar-refractivity contribution in [2.45, 2.75) is 0 Å². The zero-order chi connectivity index (χ0) is 20.5. The van der Waals surface area contributed by atoms with E-state index in [0.717, 1.165) is 11.3 Å². The molecule has 0 saturated carbocycles.